The predicted octanol–water partition coefficient (Wildman–Crippen LogP) is -0.234. The molecule has 2 heterocycles. The summed E-state index contributed by atoms with van der Waals surface area (Å²) in [5, 5.41) is 67.7. The van der Waals surface area contributed by atoms with Gasteiger partial charge in [0.15, 0.2) is 11.0 Å². The zero-order valence-electron chi connectivity index (χ0n) is 22.7. The van der Waals surface area contributed by atoms with Gasteiger partial charge in [0.25, 0.3) is 5.91 Å². The zero-order valence-corrected chi connectivity index (χ0v) is 23.8. The first kappa shape index (κ1) is 30.4. The second kappa shape index (κ2) is 11.0. The molecule has 0 saturated carbocycles. The fourth-order valence-corrected chi connectivity index (χ4v) is 10.5. The van der Waals surface area contributed by atoms with Crippen LogP contribution in [0.1, 0.15) is 49.0 Å². The molecular weight excluding hydrogens is 554 g/mol. The Kier molecular flexibility index (Phi) is 8.17. The van der Waals surface area contributed by atoms with Crippen LogP contribution in [0.5, 0.6) is 5.75 Å². The number of hydrogen-bond donors (Lipinski definition) is 9. The van der Waals surface area contributed by atoms with Gasteiger partial charge in [-0.1, -0.05) is 25.5 Å². The monoisotopic (exact) mass is 589 g/mol. The van der Waals surface area contributed by atoms with Crippen molar-refractivity contribution in [2.75, 3.05) is 13.2 Å². The second-order valence-corrected chi connectivity index (χ2v) is 14.6. The van der Waals surface area contributed by atoms with Crippen LogP contribution in [0, 0.1) is 5.92 Å². The molecule has 222 valence electrons. The number of rotatable bonds is 9. The highest BCUT2D eigenvalue weighted by atomic mass is 28.3. The molecule has 1 aliphatic carbocycles. The van der Waals surface area contributed by atoms with E-state index in [4.69, 9.17) is 5.73 Å². The molecule has 3 aliphatic rings. The molecule has 0 spiro atoms. The number of carbonyl (C=O) groups is 4. The third-order valence-electron chi connectivity index (χ3n) is 8.66. The highest BCUT2D eigenvalue weighted by Crippen LogP contribution is 2.55. The summed E-state index contributed by atoms with van der Waals surface area (Å²) in [4.78, 5) is 51.8. The molecule has 1 amide bonds. The molecule has 0 saturated heterocycles. The Morgan fingerprint density at radius 2 is 1.85 bits per heavy atom. The predicted molar refractivity (Wildman–Crippen MR) is 147 cm³/mol. The summed E-state index contributed by atoms with van der Waals surface area (Å²) < 4.78 is 0. The number of phenols is 1. The molecule has 0 radical (unpaired) electrons. The molecule has 0 fully saturated rings. The van der Waals surface area contributed by atoms with Gasteiger partial charge < -0.3 is 41.7 Å². The SMILES string of the molecule is C[C@@H]1C(O)=C(C(=O)NCNC(CCCCN)C(=O)O)C(=O)[C@@]2(O)C(O)=C3C(=O)c4c(O)cccc4[C@@](C)(O)[C@H]3C[Si@@H]12. The van der Waals surface area contributed by atoms with Crippen LogP contribution in [-0.4, -0.2) is 87.4 Å². The summed E-state index contributed by atoms with van der Waals surface area (Å²) in [6, 6.07) is 3.07. The van der Waals surface area contributed by atoms with Gasteiger partial charge >= 0.3 is 5.97 Å². The van der Waals surface area contributed by atoms with E-state index in [1.165, 1.54) is 32.0 Å². The van der Waals surface area contributed by atoms with Gasteiger partial charge in [0.1, 0.15) is 37.7 Å². The quantitative estimate of drug-likeness (QED) is 0.0785. The summed E-state index contributed by atoms with van der Waals surface area (Å²) in [6.45, 7) is 2.91. The highest BCUT2D eigenvalue weighted by Gasteiger charge is 2.65. The number of allylic oxidation sites excluding steroid dienone is 1. The van der Waals surface area contributed by atoms with Crippen molar-refractivity contribution in [2.45, 2.75) is 61.6 Å². The maximum absolute atomic E-state index is 13.7. The van der Waals surface area contributed by atoms with Crippen LogP contribution in [0.4, 0.5) is 0 Å². The van der Waals surface area contributed by atoms with E-state index < -0.39 is 89.0 Å². The van der Waals surface area contributed by atoms with Gasteiger partial charge in [-0.25, -0.2) is 0 Å². The number of aliphatic carboxylic acids is 1. The summed E-state index contributed by atoms with van der Waals surface area (Å²) in [5.41, 5.74) is 1.35. The van der Waals surface area contributed by atoms with Crippen LogP contribution in [0.2, 0.25) is 11.6 Å². The Morgan fingerprint density at radius 3 is 2.49 bits per heavy atom. The third kappa shape index (κ3) is 4.74. The van der Waals surface area contributed by atoms with Crippen molar-refractivity contribution in [3.05, 3.63) is 52.0 Å². The number of Topliss-reactive ketones (excluding diaryl/α,β-unsaturated/α-hetero) is 2. The van der Waals surface area contributed by atoms with E-state index in [9.17, 15) is 49.8 Å². The molecule has 0 bridgehead atoms. The van der Waals surface area contributed by atoms with Crippen LogP contribution in [0.3, 0.4) is 0 Å². The lowest BCUT2D eigenvalue weighted by Gasteiger charge is -2.50. The van der Waals surface area contributed by atoms with E-state index in [0.29, 0.717) is 19.4 Å². The van der Waals surface area contributed by atoms with Gasteiger partial charge in [0, 0.05) is 17.0 Å². The molecule has 13 nitrogen and oxygen atoms in total. The lowest BCUT2D eigenvalue weighted by atomic mass is 9.68. The fourth-order valence-electron chi connectivity index (χ4n) is 6.32. The maximum Gasteiger partial charge on any atom is 0.320 e. The standard InChI is InChI=1S/C27H35N3O10Si/c1-12-20(32)19(24(36)30-11-29-15(25(37)38)7-3-4-9-28)23(35)27(40)22(34)18-14(10-41(12)27)26(2,39)13-6-5-8-16(31)17(13)21(18)33/h5-6,8,12,14-15,29,31-32,34,39-41H,3-4,7,9-11,28H2,1-2H3,(H,30,36)(H,37,38)/t12-,14+,15?,26-,27-,41+/m1/s1. The molecule has 2 aliphatic heterocycles. The minimum Gasteiger partial charge on any atom is -0.511 e. The first-order valence-corrected chi connectivity index (χ1v) is 15.4. The first-order chi connectivity index (χ1) is 19.2. The van der Waals surface area contributed by atoms with Crippen molar-refractivity contribution in [1.29, 1.82) is 0 Å². The van der Waals surface area contributed by atoms with E-state index in [1.54, 1.807) is 0 Å². The number of benzene rings is 1. The number of nitrogens with two attached hydrogens (primary N) is 1. The fraction of sp³-hybridized carbons (Fsp3) is 0.481. The highest BCUT2D eigenvalue weighted by molar-refractivity contribution is 6.72. The lowest BCUT2D eigenvalue weighted by molar-refractivity contribution is -0.140. The number of phenolic OH excluding ortho intramolecular Hbond substituents is 1. The minimum atomic E-state index is -3.07. The Labute approximate surface area is 237 Å². The maximum atomic E-state index is 13.7. The van der Waals surface area contributed by atoms with Crippen molar-refractivity contribution >= 4 is 32.2 Å². The number of nitrogens with one attached hydrogen (secondary N) is 2. The average molecular weight is 590 g/mol. The molecule has 10 N–H and O–H groups in total. The molecule has 4 rings (SSSR count). The van der Waals surface area contributed by atoms with Gasteiger partial charge in [0.2, 0.25) is 5.78 Å². The van der Waals surface area contributed by atoms with E-state index >= 15 is 0 Å². The van der Waals surface area contributed by atoms with Gasteiger partial charge in [-0.2, -0.15) is 0 Å². The number of carboxylic acid groups (broad SMARTS) is 1. The Bertz CT molecular complexity index is 1370. The summed E-state index contributed by atoms with van der Waals surface area (Å²) >= 11 is 0. The van der Waals surface area contributed by atoms with Crippen molar-refractivity contribution in [1.82, 2.24) is 10.6 Å². The first-order valence-electron chi connectivity index (χ1n) is 13.4. The Morgan fingerprint density at radius 1 is 1.17 bits per heavy atom. The van der Waals surface area contributed by atoms with E-state index in [-0.39, 0.29) is 30.3 Å². The van der Waals surface area contributed by atoms with Crippen LogP contribution < -0.4 is 16.4 Å². The van der Waals surface area contributed by atoms with Gasteiger partial charge in [-0.15, -0.1) is 0 Å². The normalized spacial score (nSPS) is 29.9. The smallest absolute Gasteiger partial charge is 0.320 e. The molecule has 6 atom stereocenters. The van der Waals surface area contributed by atoms with E-state index in [1.807, 2.05) is 0 Å². The van der Waals surface area contributed by atoms with Crippen LogP contribution in [0.25, 0.3) is 0 Å². The Hall–Kier alpha value is -3.56. The number of amides is 1. The van der Waals surface area contributed by atoms with Crippen molar-refractivity contribution < 1.29 is 49.8 Å². The number of ketones is 2. The number of fused-ring (bicyclic) bond motifs is 3. The van der Waals surface area contributed by atoms with Crippen molar-refractivity contribution in [3.8, 4) is 5.75 Å². The molecule has 14 heteroatoms. The largest absolute Gasteiger partial charge is 0.511 e. The number of unbranched alkanes of at least 4 members (excludes halogenated alkanes) is 1. The minimum absolute atomic E-state index is 0.0831. The van der Waals surface area contributed by atoms with Crippen molar-refractivity contribution in [3.63, 3.8) is 0 Å². The molecule has 1 aromatic rings. The summed E-state index contributed by atoms with van der Waals surface area (Å²) in [7, 11) is -3.07. The number of aromatic hydroxyl groups is 1. The van der Waals surface area contributed by atoms with Crippen molar-refractivity contribution in [2.24, 2.45) is 11.7 Å². The van der Waals surface area contributed by atoms with E-state index in [0.717, 1.165) is 0 Å². The molecular formula is C27H35N3O10Si. The van der Waals surface area contributed by atoms with Gasteiger partial charge in [-0.05, 0) is 44.0 Å². The Balaban J connectivity index is 1.66. The van der Waals surface area contributed by atoms with Crippen LogP contribution >= 0.6 is 0 Å². The second-order valence-electron chi connectivity index (χ2n) is 11.0. The number of carboxylic acids is 1. The lowest BCUT2D eigenvalue weighted by Crippen LogP contribution is -2.65. The van der Waals surface area contributed by atoms with Gasteiger partial charge in [0.05, 0.1) is 17.8 Å². The molecule has 1 aromatic carbocycles. The van der Waals surface area contributed by atoms with Crippen LogP contribution in [0.15, 0.2) is 40.9 Å². The average Bonchev–Trinajstić information content (AvgIpc) is 2.91. The van der Waals surface area contributed by atoms with E-state index in [2.05, 4.69) is 10.6 Å². The number of aliphatic hydroxyl groups excluding tert-OH is 2. The number of carbonyl (C=O) groups excluding carboxylic acids is 3. The summed E-state index contributed by atoms with van der Waals surface area (Å²) in [5.74, 6) is -7.51. The molecule has 0 aromatic heterocycles. The number of hydrogen-bond acceptors (Lipinski definition) is 11. The zero-order chi connectivity index (χ0) is 30.4. The molecule has 41 heavy (non-hydrogen) atoms. The molecule has 1 unspecified atom stereocenters. The van der Waals surface area contributed by atoms with Crippen LogP contribution in [-0.2, 0) is 20.0 Å². The topological polar surface area (TPSA) is 240 Å². The summed E-state index contributed by atoms with van der Waals surface area (Å²) in [6.07, 6.45) is 1.37. The number of aliphatic hydroxyl groups is 4. The third-order valence-corrected chi connectivity index (χ3v) is 12.8. The van der Waals surface area contributed by atoms with Gasteiger partial charge in [-0.3, -0.25) is 24.5 Å².